The SMILES string of the molecule is c1ccc(-c2ccccc2-c2ccccc2-c2ccccc2N(c2cccc(-c3ccc4ccccc4c3)c2)c2cccc3c2c2ccccc2n3-c2ccccc2)cc1. The highest BCUT2D eigenvalue weighted by atomic mass is 15.2. The summed E-state index contributed by atoms with van der Waals surface area (Å²) in [4.78, 5) is 2.49. The summed E-state index contributed by atoms with van der Waals surface area (Å²) >= 11 is 0. The first kappa shape index (κ1) is 35.2. The van der Waals surface area contributed by atoms with Crippen LogP contribution in [0.2, 0.25) is 0 Å². The van der Waals surface area contributed by atoms with Gasteiger partial charge in [0.2, 0.25) is 0 Å². The van der Waals surface area contributed by atoms with Gasteiger partial charge in [-0.15, -0.1) is 0 Å². The van der Waals surface area contributed by atoms with Gasteiger partial charge in [-0.05, 0) is 104 Å². The lowest BCUT2D eigenvalue weighted by atomic mass is 9.88. The predicted octanol–water partition coefficient (Wildman–Crippen LogP) is 16.1. The Morgan fingerprint density at radius 3 is 1.63 bits per heavy atom. The van der Waals surface area contributed by atoms with E-state index in [1.165, 1.54) is 60.4 Å². The van der Waals surface area contributed by atoms with Crippen molar-refractivity contribution in [3.05, 3.63) is 243 Å². The van der Waals surface area contributed by atoms with Gasteiger partial charge in [-0.25, -0.2) is 0 Å². The highest BCUT2D eigenvalue weighted by molar-refractivity contribution is 6.17. The van der Waals surface area contributed by atoms with E-state index in [2.05, 4.69) is 252 Å². The molecule has 282 valence electrons. The maximum atomic E-state index is 2.49. The molecule has 11 aromatic rings. The molecule has 60 heavy (non-hydrogen) atoms. The Bertz CT molecular complexity index is 3320. The summed E-state index contributed by atoms with van der Waals surface area (Å²) < 4.78 is 2.40. The van der Waals surface area contributed by atoms with Gasteiger partial charge >= 0.3 is 0 Å². The molecule has 0 aliphatic heterocycles. The van der Waals surface area contributed by atoms with Crippen LogP contribution in [0, 0.1) is 0 Å². The second-order valence-corrected chi connectivity index (χ2v) is 15.3. The Morgan fingerprint density at radius 1 is 0.300 bits per heavy atom. The molecule has 0 unspecified atom stereocenters. The molecule has 0 radical (unpaired) electrons. The molecular weight excluding hydrogens is 725 g/mol. The molecule has 0 aliphatic carbocycles. The molecule has 2 nitrogen and oxygen atoms in total. The lowest BCUT2D eigenvalue weighted by Gasteiger charge is -2.30. The fourth-order valence-corrected chi connectivity index (χ4v) is 9.08. The summed E-state index contributed by atoms with van der Waals surface area (Å²) in [7, 11) is 0. The van der Waals surface area contributed by atoms with Crippen LogP contribution >= 0.6 is 0 Å². The van der Waals surface area contributed by atoms with Gasteiger partial charge in [0.05, 0.1) is 22.4 Å². The molecule has 1 aromatic heterocycles. The molecule has 1 heterocycles. The molecule has 0 bridgehead atoms. The van der Waals surface area contributed by atoms with Gasteiger partial charge in [-0.1, -0.05) is 188 Å². The van der Waals surface area contributed by atoms with Crippen LogP contribution in [-0.2, 0) is 0 Å². The van der Waals surface area contributed by atoms with Crippen molar-refractivity contribution in [1.82, 2.24) is 4.57 Å². The summed E-state index contributed by atoms with van der Waals surface area (Å²) in [5.41, 5.74) is 16.2. The Hall–Kier alpha value is -7.94. The number of rotatable bonds is 8. The third-order valence-corrected chi connectivity index (χ3v) is 11.8. The zero-order valence-corrected chi connectivity index (χ0v) is 33.0. The van der Waals surface area contributed by atoms with Gasteiger partial charge in [0.15, 0.2) is 0 Å². The molecule has 0 saturated heterocycles. The van der Waals surface area contributed by atoms with E-state index in [9.17, 15) is 0 Å². The van der Waals surface area contributed by atoms with Gasteiger partial charge in [-0.3, -0.25) is 0 Å². The Morgan fingerprint density at radius 2 is 0.833 bits per heavy atom. The molecule has 0 amide bonds. The van der Waals surface area contributed by atoms with Crippen molar-refractivity contribution in [3.63, 3.8) is 0 Å². The van der Waals surface area contributed by atoms with Crippen molar-refractivity contribution >= 4 is 49.6 Å². The Labute approximate surface area is 350 Å². The van der Waals surface area contributed by atoms with Crippen LogP contribution in [0.1, 0.15) is 0 Å². The summed E-state index contributed by atoms with van der Waals surface area (Å²) in [6.45, 7) is 0. The van der Waals surface area contributed by atoms with E-state index in [1.807, 2.05) is 0 Å². The maximum Gasteiger partial charge on any atom is 0.0562 e. The average Bonchev–Trinajstić information content (AvgIpc) is 3.67. The van der Waals surface area contributed by atoms with E-state index in [0.29, 0.717) is 0 Å². The minimum atomic E-state index is 1.08. The maximum absolute atomic E-state index is 2.49. The van der Waals surface area contributed by atoms with Crippen LogP contribution in [0.25, 0.3) is 82.8 Å². The molecule has 0 atom stereocenters. The monoisotopic (exact) mass is 764 g/mol. The molecule has 0 fully saturated rings. The van der Waals surface area contributed by atoms with Crippen molar-refractivity contribution in [3.8, 4) is 50.2 Å². The van der Waals surface area contributed by atoms with E-state index in [-0.39, 0.29) is 0 Å². The number of anilines is 3. The van der Waals surface area contributed by atoms with E-state index in [4.69, 9.17) is 0 Å². The van der Waals surface area contributed by atoms with Gasteiger partial charge < -0.3 is 9.47 Å². The summed E-state index contributed by atoms with van der Waals surface area (Å²) in [5.74, 6) is 0. The third kappa shape index (κ3) is 6.14. The first-order valence-electron chi connectivity index (χ1n) is 20.6. The Kier molecular flexibility index (Phi) is 8.87. The largest absolute Gasteiger partial charge is 0.309 e. The fraction of sp³-hybridized carbons (Fsp3) is 0. The van der Waals surface area contributed by atoms with Gasteiger partial charge in [0, 0.05) is 27.7 Å². The standard InChI is InChI=1S/C58H40N2/c1-3-20-42(21-4-1)48-27-9-10-28-49(48)50-29-11-12-30-51(50)52-31-13-15-33-54(52)60(47-26-17-23-44(40-47)45-38-37-41-19-7-8-22-43(41)39-45)57-36-18-35-56-58(57)53-32-14-16-34-55(53)59(56)46-24-5-2-6-25-46/h1-40H. The number of para-hydroxylation sites is 3. The van der Waals surface area contributed by atoms with Crippen molar-refractivity contribution in [1.29, 1.82) is 0 Å². The van der Waals surface area contributed by atoms with Crippen LogP contribution in [0.4, 0.5) is 17.1 Å². The minimum Gasteiger partial charge on any atom is -0.309 e. The highest BCUT2D eigenvalue weighted by Gasteiger charge is 2.24. The topological polar surface area (TPSA) is 8.17 Å². The van der Waals surface area contributed by atoms with Gasteiger partial charge in [0.25, 0.3) is 0 Å². The third-order valence-electron chi connectivity index (χ3n) is 11.8. The van der Waals surface area contributed by atoms with Crippen LogP contribution in [0.3, 0.4) is 0 Å². The molecule has 11 rings (SSSR count). The summed E-state index contributed by atoms with van der Waals surface area (Å²) in [5, 5.41) is 4.87. The van der Waals surface area contributed by atoms with Crippen LogP contribution in [0.5, 0.6) is 0 Å². The van der Waals surface area contributed by atoms with Crippen molar-refractivity contribution in [2.24, 2.45) is 0 Å². The normalized spacial score (nSPS) is 11.3. The zero-order valence-electron chi connectivity index (χ0n) is 33.0. The van der Waals surface area contributed by atoms with E-state index in [1.54, 1.807) is 0 Å². The number of aromatic nitrogens is 1. The van der Waals surface area contributed by atoms with Gasteiger partial charge in [0.1, 0.15) is 0 Å². The predicted molar refractivity (Wildman–Crippen MR) is 255 cm³/mol. The van der Waals surface area contributed by atoms with E-state index in [0.717, 1.165) is 39.4 Å². The first-order valence-corrected chi connectivity index (χ1v) is 20.6. The molecule has 2 heteroatoms. The average molecular weight is 765 g/mol. The van der Waals surface area contributed by atoms with Crippen molar-refractivity contribution < 1.29 is 0 Å². The molecule has 0 saturated carbocycles. The number of hydrogen-bond donors (Lipinski definition) is 0. The van der Waals surface area contributed by atoms with Crippen LogP contribution < -0.4 is 4.90 Å². The molecular formula is C58H40N2. The van der Waals surface area contributed by atoms with E-state index < -0.39 is 0 Å². The number of fused-ring (bicyclic) bond motifs is 4. The molecule has 0 N–H and O–H groups in total. The smallest absolute Gasteiger partial charge is 0.0562 e. The highest BCUT2D eigenvalue weighted by Crippen LogP contribution is 2.49. The molecule has 10 aromatic carbocycles. The van der Waals surface area contributed by atoms with Crippen LogP contribution in [0.15, 0.2) is 243 Å². The first-order chi connectivity index (χ1) is 29.8. The fourth-order valence-electron chi connectivity index (χ4n) is 9.08. The second-order valence-electron chi connectivity index (χ2n) is 15.3. The van der Waals surface area contributed by atoms with Gasteiger partial charge in [-0.2, -0.15) is 0 Å². The second kappa shape index (κ2) is 15.1. The minimum absolute atomic E-state index is 1.08. The molecule has 0 spiro atoms. The summed E-state index contributed by atoms with van der Waals surface area (Å²) in [6, 6.07) is 88.0. The van der Waals surface area contributed by atoms with E-state index >= 15 is 0 Å². The Balaban J connectivity index is 1.18. The lowest BCUT2D eigenvalue weighted by Crippen LogP contribution is -2.12. The summed E-state index contributed by atoms with van der Waals surface area (Å²) in [6.07, 6.45) is 0. The number of nitrogens with zero attached hydrogens (tertiary/aromatic N) is 2. The quantitative estimate of drug-likeness (QED) is 0.150. The number of hydrogen-bond acceptors (Lipinski definition) is 1. The van der Waals surface area contributed by atoms with Crippen molar-refractivity contribution in [2.45, 2.75) is 0 Å². The van der Waals surface area contributed by atoms with Crippen molar-refractivity contribution in [2.75, 3.05) is 4.90 Å². The lowest BCUT2D eigenvalue weighted by molar-refractivity contribution is 1.18. The zero-order chi connectivity index (χ0) is 39.8. The number of benzene rings is 10. The van der Waals surface area contributed by atoms with Crippen LogP contribution in [-0.4, -0.2) is 4.57 Å². The molecule has 0 aliphatic rings.